The standard InChI is InChI=1S/C13H17ClN4O3/c1-9-16-12(14)10(8-19)13(17-9)15-3-2-11(20)18-4-6-21-7-5-18/h8H,2-7H2,1H3,(H,15,16,17). The third-order valence-corrected chi connectivity index (χ3v) is 3.41. The Morgan fingerprint density at radius 3 is 2.81 bits per heavy atom. The lowest BCUT2D eigenvalue weighted by atomic mass is 10.3. The van der Waals surface area contributed by atoms with Gasteiger partial charge in [0.2, 0.25) is 5.91 Å². The number of rotatable bonds is 5. The highest BCUT2D eigenvalue weighted by molar-refractivity contribution is 6.32. The zero-order chi connectivity index (χ0) is 15.2. The molecule has 1 fully saturated rings. The highest BCUT2D eigenvalue weighted by Crippen LogP contribution is 2.18. The Morgan fingerprint density at radius 1 is 1.43 bits per heavy atom. The Balaban J connectivity index is 1.91. The molecule has 0 aliphatic carbocycles. The fraction of sp³-hybridized carbons (Fsp3) is 0.538. The summed E-state index contributed by atoms with van der Waals surface area (Å²) < 4.78 is 5.20. The van der Waals surface area contributed by atoms with Crippen LogP contribution in [0.2, 0.25) is 5.15 Å². The molecular weight excluding hydrogens is 296 g/mol. The number of aldehydes is 1. The molecule has 0 bridgehead atoms. The maximum absolute atomic E-state index is 12.0. The smallest absolute Gasteiger partial charge is 0.224 e. The second-order valence-corrected chi connectivity index (χ2v) is 4.97. The summed E-state index contributed by atoms with van der Waals surface area (Å²) in [6, 6.07) is 0. The average molecular weight is 313 g/mol. The summed E-state index contributed by atoms with van der Waals surface area (Å²) in [5.41, 5.74) is 0.209. The first kappa shape index (κ1) is 15.7. The summed E-state index contributed by atoms with van der Waals surface area (Å²) >= 11 is 5.89. The van der Waals surface area contributed by atoms with Crippen molar-refractivity contribution in [1.29, 1.82) is 0 Å². The van der Waals surface area contributed by atoms with Crippen molar-refractivity contribution in [2.24, 2.45) is 0 Å². The van der Waals surface area contributed by atoms with Crippen LogP contribution in [-0.2, 0) is 9.53 Å². The van der Waals surface area contributed by atoms with Crippen LogP contribution < -0.4 is 5.32 Å². The van der Waals surface area contributed by atoms with E-state index in [1.807, 2.05) is 0 Å². The van der Waals surface area contributed by atoms with Gasteiger partial charge in [-0.2, -0.15) is 0 Å². The molecule has 0 saturated carbocycles. The average Bonchev–Trinajstić information content (AvgIpc) is 2.47. The summed E-state index contributed by atoms with van der Waals surface area (Å²) in [7, 11) is 0. The monoisotopic (exact) mass is 312 g/mol. The van der Waals surface area contributed by atoms with Crippen LogP contribution >= 0.6 is 11.6 Å². The van der Waals surface area contributed by atoms with E-state index in [4.69, 9.17) is 16.3 Å². The number of anilines is 1. The molecule has 0 atom stereocenters. The summed E-state index contributed by atoms with van der Waals surface area (Å²) in [5.74, 6) is 0.875. The number of halogens is 1. The van der Waals surface area contributed by atoms with E-state index in [0.29, 0.717) is 57.2 Å². The van der Waals surface area contributed by atoms with Gasteiger partial charge in [0.25, 0.3) is 0 Å². The number of hydrogen-bond acceptors (Lipinski definition) is 6. The molecule has 0 unspecified atom stereocenters. The number of morpholine rings is 1. The van der Waals surface area contributed by atoms with Crippen molar-refractivity contribution in [3.05, 3.63) is 16.5 Å². The molecular formula is C13H17ClN4O3. The number of carbonyl (C=O) groups is 2. The number of ether oxygens (including phenoxy) is 1. The Morgan fingerprint density at radius 2 is 2.14 bits per heavy atom. The predicted octanol–water partition coefficient (Wildman–Crippen LogP) is 0.912. The molecule has 1 N–H and O–H groups in total. The van der Waals surface area contributed by atoms with Crippen molar-refractivity contribution < 1.29 is 14.3 Å². The molecule has 1 amide bonds. The minimum absolute atomic E-state index is 0.0512. The molecule has 0 aromatic carbocycles. The highest BCUT2D eigenvalue weighted by Gasteiger charge is 2.17. The summed E-state index contributed by atoms with van der Waals surface area (Å²) in [4.78, 5) is 32.8. The third kappa shape index (κ3) is 4.12. The topological polar surface area (TPSA) is 84.4 Å². The quantitative estimate of drug-likeness (QED) is 0.642. The van der Waals surface area contributed by atoms with E-state index in [0.717, 1.165) is 0 Å². The van der Waals surface area contributed by atoms with Crippen molar-refractivity contribution in [2.45, 2.75) is 13.3 Å². The molecule has 1 aromatic rings. The van der Waals surface area contributed by atoms with Crippen LogP contribution in [0.25, 0.3) is 0 Å². The van der Waals surface area contributed by atoms with Crippen LogP contribution in [0.4, 0.5) is 5.82 Å². The van der Waals surface area contributed by atoms with E-state index in [-0.39, 0.29) is 16.6 Å². The van der Waals surface area contributed by atoms with Crippen LogP contribution in [-0.4, -0.2) is 59.9 Å². The van der Waals surface area contributed by atoms with E-state index in [1.54, 1.807) is 11.8 Å². The number of aryl methyl sites for hydroxylation is 1. The van der Waals surface area contributed by atoms with Gasteiger partial charge in [-0.25, -0.2) is 9.97 Å². The Labute approximate surface area is 127 Å². The summed E-state index contributed by atoms with van der Waals surface area (Å²) in [6.07, 6.45) is 0.923. The summed E-state index contributed by atoms with van der Waals surface area (Å²) in [6.45, 7) is 4.46. The zero-order valence-electron chi connectivity index (χ0n) is 11.8. The van der Waals surface area contributed by atoms with Crippen molar-refractivity contribution in [2.75, 3.05) is 38.2 Å². The number of hydrogen-bond donors (Lipinski definition) is 1. The van der Waals surface area contributed by atoms with Gasteiger partial charge in [-0.1, -0.05) is 11.6 Å². The van der Waals surface area contributed by atoms with Crippen LogP contribution in [0.3, 0.4) is 0 Å². The first-order chi connectivity index (χ1) is 10.1. The van der Waals surface area contributed by atoms with Crippen LogP contribution in [0.5, 0.6) is 0 Å². The van der Waals surface area contributed by atoms with Crippen molar-refractivity contribution in [3.8, 4) is 0 Å². The molecule has 1 aromatic heterocycles. The molecule has 2 rings (SSSR count). The lowest BCUT2D eigenvalue weighted by Gasteiger charge is -2.26. The van der Waals surface area contributed by atoms with Crippen molar-refractivity contribution >= 4 is 29.6 Å². The van der Waals surface area contributed by atoms with Crippen LogP contribution in [0, 0.1) is 6.92 Å². The first-order valence-corrected chi connectivity index (χ1v) is 7.08. The molecule has 0 spiro atoms. The van der Waals surface area contributed by atoms with Gasteiger partial charge in [0.1, 0.15) is 16.8 Å². The maximum Gasteiger partial charge on any atom is 0.224 e. The van der Waals surface area contributed by atoms with E-state index >= 15 is 0 Å². The Kier molecular flexibility index (Phi) is 5.46. The lowest BCUT2D eigenvalue weighted by molar-refractivity contribution is -0.134. The molecule has 1 aliphatic heterocycles. The molecule has 1 aliphatic rings. The molecule has 7 nitrogen and oxygen atoms in total. The second-order valence-electron chi connectivity index (χ2n) is 4.61. The minimum Gasteiger partial charge on any atom is -0.378 e. The number of nitrogens with zero attached hydrogens (tertiary/aromatic N) is 3. The van der Waals surface area contributed by atoms with E-state index in [1.165, 1.54) is 0 Å². The molecule has 0 radical (unpaired) electrons. The molecule has 1 saturated heterocycles. The van der Waals surface area contributed by atoms with Crippen LogP contribution in [0.1, 0.15) is 22.6 Å². The fourth-order valence-electron chi connectivity index (χ4n) is 2.04. The zero-order valence-corrected chi connectivity index (χ0v) is 12.5. The van der Waals surface area contributed by atoms with E-state index in [9.17, 15) is 9.59 Å². The van der Waals surface area contributed by atoms with E-state index < -0.39 is 0 Å². The Bertz CT molecular complexity index is 532. The van der Waals surface area contributed by atoms with Gasteiger partial charge in [0, 0.05) is 26.1 Å². The molecule has 21 heavy (non-hydrogen) atoms. The number of amides is 1. The van der Waals surface area contributed by atoms with Gasteiger partial charge in [0.15, 0.2) is 6.29 Å². The van der Waals surface area contributed by atoms with Gasteiger partial charge in [0.05, 0.1) is 18.8 Å². The number of carbonyl (C=O) groups excluding carboxylic acids is 2. The highest BCUT2D eigenvalue weighted by atomic mass is 35.5. The minimum atomic E-state index is 0.0512. The fourth-order valence-corrected chi connectivity index (χ4v) is 2.30. The largest absolute Gasteiger partial charge is 0.378 e. The van der Waals surface area contributed by atoms with Crippen LogP contribution in [0.15, 0.2) is 0 Å². The van der Waals surface area contributed by atoms with Crippen molar-refractivity contribution in [1.82, 2.24) is 14.9 Å². The molecule has 8 heteroatoms. The predicted molar refractivity (Wildman–Crippen MR) is 77.7 cm³/mol. The Hall–Kier alpha value is -1.73. The van der Waals surface area contributed by atoms with Gasteiger partial charge in [-0.05, 0) is 6.92 Å². The SMILES string of the molecule is Cc1nc(Cl)c(C=O)c(NCCC(=O)N2CCOCC2)n1. The van der Waals surface area contributed by atoms with Gasteiger partial charge in [-0.3, -0.25) is 9.59 Å². The van der Waals surface area contributed by atoms with Gasteiger partial charge < -0.3 is 15.0 Å². The van der Waals surface area contributed by atoms with Crippen molar-refractivity contribution in [3.63, 3.8) is 0 Å². The lowest BCUT2D eigenvalue weighted by Crippen LogP contribution is -2.41. The third-order valence-electron chi connectivity index (χ3n) is 3.12. The van der Waals surface area contributed by atoms with E-state index in [2.05, 4.69) is 15.3 Å². The van der Waals surface area contributed by atoms with Gasteiger partial charge >= 0.3 is 0 Å². The summed E-state index contributed by atoms with van der Waals surface area (Å²) in [5, 5.41) is 3.08. The number of nitrogens with one attached hydrogen (secondary N) is 1. The maximum atomic E-state index is 12.0. The molecule has 114 valence electrons. The number of aromatic nitrogens is 2. The van der Waals surface area contributed by atoms with Gasteiger partial charge in [-0.15, -0.1) is 0 Å². The normalized spacial score (nSPS) is 14.9. The first-order valence-electron chi connectivity index (χ1n) is 6.70. The molecule has 2 heterocycles. The second kappa shape index (κ2) is 7.33.